The maximum Gasteiger partial charge on any atom is 0.416 e. The fourth-order valence-corrected chi connectivity index (χ4v) is 4.74. The SMILES string of the molecule is O=C(CSc1ccc(N2CCN(c3cccc(C(F)(F)F)c3)CC2)nn1)NC1CCCC1. The first-order chi connectivity index (χ1) is 15.4. The van der Waals surface area contributed by atoms with Crippen molar-refractivity contribution in [3.05, 3.63) is 42.0 Å². The van der Waals surface area contributed by atoms with Crippen molar-refractivity contribution in [1.29, 1.82) is 0 Å². The van der Waals surface area contributed by atoms with Gasteiger partial charge >= 0.3 is 6.18 Å². The Bertz CT molecular complexity index is 911. The third-order valence-electron chi connectivity index (χ3n) is 5.84. The average molecular weight is 466 g/mol. The number of nitrogens with zero attached hydrogens (tertiary/aromatic N) is 4. The number of benzene rings is 1. The van der Waals surface area contributed by atoms with Gasteiger partial charge in [0.15, 0.2) is 5.82 Å². The predicted octanol–water partition coefficient (Wildman–Crippen LogP) is 3.97. The standard InChI is InChI=1S/C22H26F3N5OS/c23-22(24,25)16-4-3-7-18(14-16)29-10-12-30(13-11-29)19-8-9-21(28-27-19)32-15-20(31)26-17-5-1-2-6-17/h3-4,7-9,14,17H,1-2,5-6,10-13,15H2,(H,26,31). The highest BCUT2D eigenvalue weighted by atomic mass is 32.2. The second kappa shape index (κ2) is 9.97. The van der Waals surface area contributed by atoms with E-state index in [2.05, 4.69) is 20.4 Å². The number of amides is 1. The number of hydrogen-bond acceptors (Lipinski definition) is 6. The summed E-state index contributed by atoms with van der Waals surface area (Å²) in [5.74, 6) is 1.08. The Morgan fingerprint density at radius 3 is 2.41 bits per heavy atom. The molecule has 0 spiro atoms. The molecule has 4 rings (SSSR count). The Morgan fingerprint density at radius 1 is 1.03 bits per heavy atom. The fourth-order valence-electron chi connectivity index (χ4n) is 4.11. The number of alkyl halides is 3. The van der Waals surface area contributed by atoms with Crippen molar-refractivity contribution in [2.24, 2.45) is 0 Å². The van der Waals surface area contributed by atoms with Gasteiger partial charge in [-0.25, -0.2) is 0 Å². The lowest BCUT2D eigenvalue weighted by molar-refractivity contribution is -0.137. The minimum absolute atomic E-state index is 0.0264. The van der Waals surface area contributed by atoms with Crippen LogP contribution >= 0.6 is 11.8 Å². The van der Waals surface area contributed by atoms with Gasteiger partial charge in [-0.1, -0.05) is 30.7 Å². The highest BCUT2D eigenvalue weighted by molar-refractivity contribution is 7.99. The Kier molecular flexibility index (Phi) is 7.07. The molecule has 0 bridgehead atoms. The fraction of sp³-hybridized carbons (Fsp3) is 0.500. The zero-order valence-electron chi connectivity index (χ0n) is 17.6. The van der Waals surface area contributed by atoms with E-state index >= 15 is 0 Å². The molecule has 1 aliphatic heterocycles. The van der Waals surface area contributed by atoms with E-state index in [4.69, 9.17) is 0 Å². The molecular formula is C22H26F3N5OS. The van der Waals surface area contributed by atoms with Gasteiger partial charge in [0.25, 0.3) is 0 Å². The summed E-state index contributed by atoms with van der Waals surface area (Å²) in [5.41, 5.74) is -0.0542. The first-order valence-corrected chi connectivity index (χ1v) is 11.8. The van der Waals surface area contributed by atoms with Gasteiger partial charge in [0.2, 0.25) is 5.91 Å². The van der Waals surface area contributed by atoms with Gasteiger partial charge in [-0.3, -0.25) is 4.79 Å². The zero-order chi connectivity index (χ0) is 22.6. The smallest absolute Gasteiger partial charge is 0.368 e. The number of carbonyl (C=O) groups is 1. The average Bonchev–Trinajstić information content (AvgIpc) is 3.31. The molecule has 2 aliphatic rings. The summed E-state index contributed by atoms with van der Waals surface area (Å²) in [6.07, 6.45) is 0.140. The second-order valence-corrected chi connectivity index (χ2v) is 9.09. The van der Waals surface area contributed by atoms with E-state index in [9.17, 15) is 18.0 Å². The van der Waals surface area contributed by atoms with Crippen LogP contribution in [0, 0.1) is 0 Å². The number of nitrogens with one attached hydrogen (secondary N) is 1. The largest absolute Gasteiger partial charge is 0.416 e. The monoisotopic (exact) mass is 465 g/mol. The van der Waals surface area contributed by atoms with Gasteiger partial charge in [-0.2, -0.15) is 13.2 Å². The van der Waals surface area contributed by atoms with Crippen LogP contribution in [0.2, 0.25) is 0 Å². The molecule has 1 aromatic heterocycles. The lowest BCUT2D eigenvalue weighted by atomic mass is 10.1. The predicted molar refractivity (Wildman–Crippen MR) is 119 cm³/mol. The maximum atomic E-state index is 13.0. The van der Waals surface area contributed by atoms with Crippen LogP contribution in [0.1, 0.15) is 31.2 Å². The van der Waals surface area contributed by atoms with Gasteiger partial charge < -0.3 is 15.1 Å². The lowest BCUT2D eigenvalue weighted by Crippen LogP contribution is -2.47. The van der Waals surface area contributed by atoms with E-state index in [-0.39, 0.29) is 5.91 Å². The van der Waals surface area contributed by atoms with Crippen molar-refractivity contribution < 1.29 is 18.0 Å². The van der Waals surface area contributed by atoms with Crippen LogP contribution < -0.4 is 15.1 Å². The molecule has 1 amide bonds. The number of thioether (sulfide) groups is 1. The normalized spacial score (nSPS) is 17.6. The molecule has 0 radical (unpaired) electrons. The summed E-state index contributed by atoms with van der Waals surface area (Å²) in [6.45, 7) is 2.48. The highest BCUT2D eigenvalue weighted by Crippen LogP contribution is 2.32. The Morgan fingerprint density at radius 2 is 1.75 bits per heavy atom. The summed E-state index contributed by atoms with van der Waals surface area (Å²) >= 11 is 1.36. The van der Waals surface area contributed by atoms with E-state index in [0.29, 0.717) is 48.7 Å². The van der Waals surface area contributed by atoms with E-state index < -0.39 is 11.7 Å². The third kappa shape index (κ3) is 5.85. The van der Waals surface area contributed by atoms with Crippen LogP contribution in [-0.2, 0) is 11.0 Å². The van der Waals surface area contributed by atoms with Gasteiger partial charge in [0, 0.05) is 37.9 Å². The van der Waals surface area contributed by atoms with Gasteiger partial charge in [0.05, 0.1) is 11.3 Å². The molecule has 1 aliphatic carbocycles. The minimum atomic E-state index is -4.34. The van der Waals surface area contributed by atoms with Crippen molar-refractivity contribution in [2.75, 3.05) is 41.7 Å². The summed E-state index contributed by atoms with van der Waals surface area (Å²) in [6, 6.07) is 9.49. The summed E-state index contributed by atoms with van der Waals surface area (Å²) in [5, 5.41) is 12.3. The molecule has 10 heteroatoms. The first-order valence-electron chi connectivity index (χ1n) is 10.8. The van der Waals surface area contributed by atoms with Crippen molar-refractivity contribution in [3.63, 3.8) is 0 Å². The van der Waals surface area contributed by atoms with E-state index in [0.717, 1.165) is 24.7 Å². The summed E-state index contributed by atoms with van der Waals surface area (Å²) < 4.78 is 38.9. The van der Waals surface area contributed by atoms with Crippen molar-refractivity contribution in [3.8, 4) is 0 Å². The van der Waals surface area contributed by atoms with Crippen LogP contribution in [0.3, 0.4) is 0 Å². The van der Waals surface area contributed by atoms with Gasteiger partial charge in [0.1, 0.15) is 5.03 Å². The second-order valence-electron chi connectivity index (χ2n) is 8.09. The van der Waals surface area contributed by atoms with Crippen LogP contribution in [0.4, 0.5) is 24.7 Å². The van der Waals surface area contributed by atoms with Crippen LogP contribution in [-0.4, -0.2) is 54.1 Å². The Balaban J connectivity index is 1.26. The molecule has 1 saturated carbocycles. The maximum absolute atomic E-state index is 13.0. The number of hydrogen-bond donors (Lipinski definition) is 1. The molecule has 1 aromatic carbocycles. The molecule has 6 nitrogen and oxygen atoms in total. The number of aromatic nitrogens is 2. The molecule has 1 N–H and O–H groups in total. The molecule has 2 fully saturated rings. The number of anilines is 2. The molecule has 2 heterocycles. The van der Waals surface area contributed by atoms with Crippen LogP contribution in [0.25, 0.3) is 0 Å². The van der Waals surface area contributed by atoms with Gasteiger partial charge in [-0.05, 0) is 43.2 Å². The number of halogens is 3. The summed E-state index contributed by atoms with van der Waals surface area (Å²) in [4.78, 5) is 16.1. The molecule has 32 heavy (non-hydrogen) atoms. The van der Waals surface area contributed by atoms with E-state index in [1.54, 1.807) is 6.07 Å². The van der Waals surface area contributed by atoms with Gasteiger partial charge in [-0.15, -0.1) is 10.2 Å². The third-order valence-corrected chi connectivity index (χ3v) is 6.76. The molecule has 0 unspecified atom stereocenters. The van der Waals surface area contributed by atoms with Crippen molar-refractivity contribution in [2.45, 2.75) is 42.9 Å². The lowest BCUT2D eigenvalue weighted by Gasteiger charge is -2.36. The quantitative estimate of drug-likeness (QED) is 0.652. The molecule has 172 valence electrons. The summed E-state index contributed by atoms with van der Waals surface area (Å²) in [7, 11) is 0. The zero-order valence-corrected chi connectivity index (χ0v) is 18.5. The number of carbonyl (C=O) groups excluding carboxylic acids is 1. The highest BCUT2D eigenvalue weighted by Gasteiger charge is 2.31. The topological polar surface area (TPSA) is 61.4 Å². The Labute approximate surface area is 189 Å². The number of piperazine rings is 1. The Hall–Kier alpha value is -2.49. The van der Waals surface area contributed by atoms with Crippen LogP contribution in [0.5, 0.6) is 0 Å². The van der Waals surface area contributed by atoms with Crippen molar-refractivity contribution >= 4 is 29.2 Å². The molecule has 0 atom stereocenters. The number of rotatable bonds is 6. The molecular weight excluding hydrogens is 439 g/mol. The van der Waals surface area contributed by atoms with E-state index in [1.807, 2.05) is 17.0 Å². The molecule has 1 saturated heterocycles. The molecule has 2 aromatic rings. The van der Waals surface area contributed by atoms with Crippen LogP contribution in [0.15, 0.2) is 41.4 Å². The first kappa shape index (κ1) is 22.7. The van der Waals surface area contributed by atoms with E-state index in [1.165, 1.54) is 36.7 Å². The minimum Gasteiger partial charge on any atom is -0.368 e. The van der Waals surface area contributed by atoms with Crippen molar-refractivity contribution in [1.82, 2.24) is 15.5 Å².